The van der Waals surface area contributed by atoms with E-state index in [0.717, 1.165) is 12.5 Å². The van der Waals surface area contributed by atoms with Crippen LogP contribution in [-0.2, 0) is 0 Å². The Kier molecular flexibility index (Phi) is 9.71. The van der Waals surface area contributed by atoms with Gasteiger partial charge < -0.3 is 5.73 Å². The molecule has 0 bridgehead atoms. The number of hydrogen-bond acceptors (Lipinski definition) is 1. The molecule has 0 fully saturated rings. The number of rotatable bonds is 10. The first-order valence-corrected chi connectivity index (χ1v) is 7.03. The first kappa shape index (κ1) is 15.7. The van der Waals surface area contributed by atoms with Gasteiger partial charge in [0, 0.05) is 0 Å². The molecule has 96 valence electrons. The van der Waals surface area contributed by atoms with Crippen molar-refractivity contribution in [2.75, 3.05) is 6.54 Å². The third kappa shape index (κ3) is 7.05. The van der Waals surface area contributed by atoms with E-state index in [2.05, 4.69) is 27.4 Å². The Hall–Kier alpha value is -0.300. The zero-order valence-electron chi connectivity index (χ0n) is 11.6. The normalized spacial score (nSPS) is 14.8. The fourth-order valence-electron chi connectivity index (χ4n) is 2.07. The van der Waals surface area contributed by atoms with Crippen molar-refractivity contribution in [1.82, 2.24) is 0 Å². The number of hydrogen-bond donors (Lipinski definition) is 1. The first-order valence-electron chi connectivity index (χ1n) is 7.03. The Bertz CT molecular complexity index is 174. The van der Waals surface area contributed by atoms with Crippen LogP contribution in [0.15, 0.2) is 12.2 Å². The predicted octanol–water partition coefficient (Wildman–Crippen LogP) is 4.52. The average Bonchev–Trinajstić information content (AvgIpc) is 2.31. The molecule has 0 rings (SSSR count). The molecule has 0 aliphatic carbocycles. The zero-order chi connectivity index (χ0) is 12.4. The Morgan fingerprint density at radius 2 is 1.81 bits per heavy atom. The van der Waals surface area contributed by atoms with E-state index in [-0.39, 0.29) is 0 Å². The molecule has 0 spiro atoms. The summed E-state index contributed by atoms with van der Waals surface area (Å²) in [5.74, 6) is 1.54. The van der Waals surface area contributed by atoms with Crippen molar-refractivity contribution >= 4 is 0 Å². The van der Waals surface area contributed by atoms with Crippen molar-refractivity contribution in [3.05, 3.63) is 12.2 Å². The lowest BCUT2D eigenvalue weighted by Crippen LogP contribution is -2.06. The lowest BCUT2D eigenvalue weighted by molar-refractivity contribution is 0.422. The monoisotopic (exact) mass is 225 g/mol. The maximum Gasteiger partial charge on any atom is -0.00773 e. The minimum atomic E-state index is 0.693. The van der Waals surface area contributed by atoms with Crippen LogP contribution in [0.4, 0.5) is 0 Å². The highest BCUT2D eigenvalue weighted by molar-refractivity contribution is 4.99. The van der Waals surface area contributed by atoms with E-state index in [4.69, 9.17) is 5.73 Å². The molecule has 16 heavy (non-hydrogen) atoms. The Labute approximate surface area is 102 Å². The van der Waals surface area contributed by atoms with Crippen LogP contribution in [0, 0.1) is 11.8 Å². The van der Waals surface area contributed by atoms with Crippen molar-refractivity contribution in [1.29, 1.82) is 0 Å². The van der Waals surface area contributed by atoms with Crippen LogP contribution in [0.1, 0.15) is 65.7 Å². The minimum absolute atomic E-state index is 0.693. The van der Waals surface area contributed by atoms with E-state index in [1.165, 1.54) is 50.5 Å². The van der Waals surface area contributed by atoms with Crippen LogP contribution < -0.4 is 5.73 Å². The summed E-state index contributed by atoms with van der Waals surface area (Å²) in [4.78, 5) is 0. The molecule has 0 aliphatic heterocycles. The van der Waals surface area contributed by atoms with E-state index in [9.17, 15) is 0 Å². The fourth-order valence-corrected chi connectivity index (χ4v) is 2.07. The quantitative estimate of drug-likeness (QED) is 0.429. The van der Waals surface area contributed by atoms with Crippen LogP contribution in [0.5, 0.6) is 0 Å². The van der Waals surface area contributed by atoms with E-state index in [1.807, 2.05) is 0 Å². The second kappa shape index (κ2) is 9.89. The Morgan fingerprint density at radius 1 is 1.12 bits per heavy atom. The van der Waals surface area contributed by atoms with Gasteiger partial charge in [0.2, 0.25) is 0 Å². The maximum atomic E-state index is 5.50. The summed E-state index contributed by atoms with van der Waals surface area (Å²) in [5, 5.41) is 0. The van der Waals surface area contributed by atoms with E-state index < -0.39 is 0 Å². The van der Waals surface area contributed by atoms with Gasteiger partial charge in [-0.05, 0) is 37.6 Å². The fraction of sp³-hybridized carbons (Fsp3) is 0.867. The molecule has 2 atom stereocenters. The van der Waals surface area contributed by atoms with Gasteiger partial charge in [0.1, 0.15) is 0 Å². The molecule has 0 heterocycles. The molecule has 0 amide bonds. The molecule has 0 aromatic rings. The minimum Gasteiger partial charge on any atom is -0.330 e. The molecular formula is C15H31N. The molecule has 0 saturated heterocycles. The standard InChI is InChI=1S/C15H31N/c1-5-13(3)14(4)12-15(6-2)10-8-7-9-11-16/h13,15H,4-12,16H2,1-3H3. The summed E-state index contributed by atoms with van der Waals surface area (Å²) in [7, 11) is 0. The molecule has 0 aliphatic rings. The Morgan fingerprint density at radius 3 is 2.31 bits per heavy atom. The van der Waals surface area contributed by atoms with Gasteiger partial charge in [-0.1, -0.05) is 58.6 Å². The van der Waals surface area contributed by atoms with Crippen molar-refractivity contribution in [3.63, 3.8) is 0 Å². The smallest absolute Gasteiger partial charge is 0.00773 e. The van der Waals surface area contributed by atoms with Gasteiger partial charge in [-0.15, -0.1) is 0 Å². The highest BCUT2D eigenvalue weighted by Gasteiger charge is 2.11. The second-order valence-corrected chi connectivity index (χ2v) is 5.08. The Balaban J connectivity index is 3.77. The van der Waals surface area contributed by atoms with Crippen LogP contribution in [0.3, 0.4) is 0 Å². The van der Waals surface area contributed by atoms with E-state index >= 15 is 0 Å². The van der Waals surface area contributed by atoms with Gasteiger partial charge in [-0.2, -0.15) is 0 Å². The van der Waals surface area contributed by atoms with Crippen molar-refractivity contribution in [3.8, 4) is 0 Å². The van der Waals surface area contributed by atoms with E-state index in [0.29, 0.717) is 5.92 Å². The van der Waals surface area contributed by atoms with Gasteiger partial charge >= 0.3 is 0 Å². The van der Waals surface area contributed by atoms with Crippen LogP contribution in [0.25, 0.3) is 0 Å². The molecule has 2 N–H and O–H groups in total. The van der Waals surface area contributed by atoms with Crippen LogP contribution in [0.2, 0.25) is 0 Å². The van der Waals surface area contributed by atoms with Gasteiger partial charge in [-0.3, -0.25) is 0 Å². The maximum absolute atomic E-state index is 5.50. The zero-order valence-corrected chi connectivity index (χ0v) is 11.6. The molecule has 1 nitrogen and oxygen atoms in total. The summed E-state index contributed by atoms with van der Waals surface area (Å²) in [5.41, 5.74) is 6.95. The SMILES string of the molecule is C=C(CC(CC)CCCCCN)C(C)CC. The average molecular weight is 225 g/mol. The predicted molar refractivity (Wildman–Crippen MR) is 74.5 cm³/mol. The lowest BCUT2D eigenvalue weighted by atomic mass is 9.86. The van der Waals surface area contributed by atoms with Gasteiger partial charge in [-0.25, -0.2) is 0 Å². The highest BCUT2D eigenvalue weighted by atomic mass is 14.5. The van der Waals surface area contributed by atoms with Gasteiger partial charge in [0.15, 0.2) is 0 Å². The first-order chi connectivity index (χ1) is 7.65. The third-order valence-electron chi connectivity index (χ3n) is 3.75. The molecule has 0 radical (unpaired) electrons. The summed E-state index contributed by atoms with van der Waals surface area (Å²) in [6.07, 6.45) is 8.91. The largest absolute Gasteiger partial charge is 0.330 e. The van der Waals surface area contributed by atoms with Crippen molar-refractivity contribution in [2.45, 2.75) is 65.7 Å². The molecular weight excluding hydrogens is 194 g/mol. The topological polar surface area (TPSA) is 26.0 Å². The van der Waals surface area contributed by atoms with Gasteiger partial charge in [0.05, 0.1) is 0 Å². The summed E-state index contributed by atoms with van der Waals surface area (Å²) >= 11 is 0. The number of allylic oxidation sites excluding steroid dienone is 1. The second-order valence-electron chi connectivity index (χ2n) is 5.08. The summed E-state index contributed by atoms with van der Waals surface area (Å²) in [6.45, 7) is 11.9. The van der Waals surface area contributed by atoms with Crippen LogP contribution >= 0.6 is 0 Å². The lowest BCUT2D eigenvalue weighted by Gasteiger charge is -2.19. The molecule has 0 aromatic heterocycles. The molecule has 1 heteroatoms. The number of unbranched alkanes of at least 4 members (excludes halogenated alkanes) is 2. The van der Waals surface area contributed by atoms with Gasteiger partial charge in [0.25, 0.3) is 0 Å². The molecule has 2 unspecified atom stereocenters. The molecule has 0 aromatic carbocycles. The molecule has 0 saturated carbocycles. The van der Waals surface area contributed by atoms with Crippen LogP contribution in [-0.4, -0.2) is 6.54 Å². The number of nitrogens with two attached hydrogens (primary N) is 1. The summed E-state index contributed by atoms with van der Waals surface area (Å²) < 4.78 is 0. The van der Waals surface area contributed by atoms with Crippen molar-refractivity contribution < 1.29 is 0 Å². The summed E-state index contributed by atoms with van der Waals surface area (Å²) in [6, 6.07) is 0. The highest BCUT2D eigenvalue weighted by Crippen LogP contribution is 2.25. The van der Waals surface area contributed by atoms with Crippen molar-refractivity contribution in [2.24, 2.45) is 17.6 Å². The third-order valence-corrected chi connectivity index (χ3v) is 3.75. The van der Waals surface area contributed by atoms with E-state index in [1.54, 1.807) is 0 Å².